The first-order valence-electron chi connectivity index (χ1n) is 7.82. The van der Waals surface area contributed by atoms with Crippen LogP contribution < -0.4 is 9.47 Å². The maximum atomic E-state index is 12.1. The predicted octanol–water partition coefficient (Wildman–Crippen LogP) is 2.46. The fourth-order valence-electron chi connectivity index (χ4n) is 2.55. The highest BCUT2D eigenvalue weighted by Gasteiger charge is 2.19. The molecule has 0 saturated carbocycles. The highest BCUT2D eigenvalue weighted by molar-refractivity contribution is 5.89. The molecule has 0 aliphatic heterocycles. The Kier molecular flexibility index (Phi) is 4.83. The van der Waals surface area contributed by atoms with Crippen LogP contribution in [0.2, 0.25) is 0 Å². The van der Waals surface area contributed by atoms with Crippen LogP contribution >= 0.6 is 0 Å². The van der Waals surface area contributed by atoms with Crippen LogP contribution in [-0.2, 0) is 4.74 Å². The molecular weight excluding hydrogens is 336 g/mol. The summed E-state index contributed by atoms with van der Waals surface area (Å²) in [4.78, 5) is 12.1. The van der Waals surface area contributed by atoms with Crippen LogP contribution in [0.15, 0.2) is 37.1 Å². The molecule has 0 amide bonds. The Bertz CT molecular complexity index is 981. The minimum atomic E-state index is -0.569. The van der Waals surface area contributed by atoms with Crippen molar-refractivity contribution in [3.63, 3.8) is 0 Å². The second-order valence-corrected chi connectivity index (χ2v) is 5.38. The van der Waals surface area contributed by atoms with E-state index in [0.29, 0.717) is 22.8 Å². The van der Waals surface area contributed by atoms with E-state index in [1.807, 2.05) is 12.1 Å². The van der Waals surface area contributed by atoms with Crippen LogP contribution in [-0.4, -0.2) is 46.6 Å². The van der Waals surface area contributed by atoms with Gasteiger partial charge in [0.2, 0.25) is 0 Å². The van der Waals surface area contributed by atoms with Crippen LogP contribution in [0.4, 0.5) is 0 Å². The second-order valence-electron chi connectivity index (χ2n) is 5.38. The maximum absolute atomic E-state index is 12.1. The minimum Gasteiger partial charge on any atom is -0.493 e. The molecule has 0 aliphatic rings. The number of aryl methyl sites for hydroxylation is 1. The van der Waals surface area contributed by atoms with Crippen LogP contribution in [0.3, 0.4) is 0 Å². The first kappa shape index (κ1) is 17.4. The highest BCUT2D eigenvalue weighted by Crippen LogP contribution is 2.33. The molecule has 2 heterocycles. The summed E-state index contributed by atoms with van der Waals surface area (Å²) in [5.74, 6) is 0.654. The molecule has 8 nitrogen and oxygen atoms in total. The summed E-state index contributed by atoms with van der Waals surface area (Å²) in [5.41, 5.74) is 2.77. The average molecular weight is 354 g/mol. The molecule has 134 valence electrons. The van der Waals surface area contributed by atoms with Gasteiger partial charge in [-0.2, -0.15) is 5.10 Å². The van der Waals surface area contributed by atoms with E-state index in [4.69, 9.17) is 14.2 Å². The number of hydrogen-bond acceptors (Lipinski definition) is 7. The molecule has 0 bridgehead atoms. The van der Waals surface area contributed by atoms with Crippen molar-refractivity contribution in [3.05, 3.63) is 48.4 Å². The number of benzene rings is 1. The standard InChI is InChI=1S/C18H18N4O4/c1-5-8-26-18(23)16-11(2)22-17(21-20-16)13(10-19-22)12-6-7-14(24-3)15(9-12)25-4/h5-7,9-10H,1,8H2,2-4H3. The molecule has 0 fully saturated rings. The monoisotopic (exact) mass is 354 g/mol. The van der Waals surface area contributed by atoms with Crippen molar-refractivity contribution >= 4 is 11.6 Å². The Morgan fingerprint density at radius 3 is 2.69 bits per heavy atom. The second kappa shape index (κ2) is 7.22. The largest absolute Gasteiger partial charge is 0.493 e. The van der Waals surface area contributed by atoms with Crippen molar-refractivity contribution in [2.24, 2.45) is 0 Å². The third kappa shape index (κ3) is 2.97. The van der Waals surface area contributed by atoms with E-state index < -0.39 is 5.97 Å². The summed E-state index contributed by atoms with van der Waals surface area (Å²) < 4.78 is 17.2. The fourth-order valence-corrected chi connectivity index (χ4v) is 2.55. The summed E-state index contributed by atoms with van der Waals surface area (Å²) in [6.45, 7) is 5.35. The third-order valence-corrected chi connectivity index (χ3v) is 3.87. The number of carbonyl (C=O) groups excluding carboxylic acids is 1. The van der Waals surface area contributed by atoms with Crippen molar-refractivity contribution in [1.29, 1.82) is 0 Å². The van der Waals surface area contributed by atoms with Gasteiger partial charge in [0.05, 0.1) is 26.1 Å². The quantitative estimate of drug-likeness (QED) is 0.496. The number of esters is 1. The summed E-state index contributed by atoms with van der Waals surface area (Å²) in [7, 11) is 3.15. The number of aromatic nitrogens is 4. The van der Waals surface area contributed by atoms with Crippen molar-refractivity contribution in [2.45, 2.75) is 6.92 Å². The molecule has 0 atom stereocenters. The number of carbonyl (C=O) groups is 1. The zero-order valence-corrected chi connectivity index (χ0v) is 14.7. The highest BCUT2D eigenvalue weighted by atomic mass is 16.5. The molecule has 0 unspecified atom stereocenters. The molecule has 0 radical (unpaired) electrons. The topological polar surface area (TPSA) is 87.8 Å². The zero-order chi connectivity index (χ0) is 18.7. The Morgan fingerprint density at radius 2 is 2.00 bits per heavy atom. The molecule has 0 spiro atoms. The first-order valence-corrected chi connectivity index (χ1v) is 7.82. The minimum absolute atomic E-state index is 0.105. The molecule has 1 aromatic carbocycles. The van der Waals surface area contributed by atoms with Gasteiger partial charge < -0.3 is 14.2 Å². The molecular formula is C18H18N4O4. The van der Waals surface area contributed by atoms with Gasteiger partial charge in [-0.05, 0) is 24.6 Å². The third-order valence-electron chi connectivity index (χ3n) is 3.87. The van der Waals surface area contributed by atoms with E-state index in [0.717, 1.165) is 11.1 Å². The number of rotatable bonds is 6. The number of fused-ring (bicyclic) bond motifs is 1. The van der Waals surface area contributed by atoms with Crippen LogP contribution in [0.5, 0.6) is 11.5 Å². The molecule has 26 heavy (non-hydrogen) atoms. The van der Waals surface area contributed by atoms with E-state index in [1.54, 1.807) is 37.9 Å². The lowest BCUT2D eigenvalue weighted by Gasteiger charge is -2.09. The van der Waals surface area contributed by atoms with Gasteiger partial charge in [-0.1, -0.05) is 18.7 Å². The van der Waals surface area contributed by atoms with Crippen LogP contribution in [0.25, 0.3) is 16.8 Å². The lowest BCUT2D eigenvalue weighted by molar-refractivity contribution is 0.0539. The first-order chi connectivity index (χ1) is 12.6. The van der Waals surface area contributed by atoms with E-state index >= 15 is 0 Å². The Balaban J connectivity index is 2.06. The van der Waals surface area contributed by atoms with Gasteiger partial charge in [0.25, 0.3) is 0 Å². The van der Waals surface area contributed by atoms with Crippen molar-refractivity contribution in [3.8, 4) is 22.6 Å². The summed E-state index contributed by atoms with van der Waals surface area (Å²) in [6.07, 6.45) is 3.15. The lowest BCUT2D eigenvalue weighted by atomic mass is 10.1. The number of nitrogens with zero attached hydrogens (tertiary/aromatic N) is 4. The van der Waals surface area contributed by atoms with E-state index in [2.05, 4.69) is 21.9 Å². The van der Waals surface area contributed by atoms with Crippen molar-refractivity contribution < 1.29 is 19.0 Å². The molecule has 2 aromatic heterocycles. The van der Waals surface area contributed by atoms with Crippen molar-refractivity contribution in [1.82, 2.24) is 19.8 Å². The van der Waals surface area contributed by atoms with Gasteiger partial charge in [0.15, 0.2) is 22.8 Å². The van der Waals surface area contributed by atoms with Gasteiger partial charge in [0, 0.05) is 5.56 Å². The maximum Gasteiger partial charge on any atom is 0.361 e. The molecule has 0 aliphatic carbocycles. The molecule has 3 aromatic rings. The Hall–Kier alpha value is -3.42. The SMILES string of the molecule is C=CCOC(=O)c1nnc2c(-c3ccc(OC)c(OC)c3)cnn2c1C. The van der Waals surface area contributed by atoms with E-state index in [1.165, 1.54) is 6.08 Å². The molecule has 8 heteroatoms. The van der Waals surface area contributed by atoms with E-state index in [9.17, 15) is 4.79 Å². The molecule has 0 N–H and O–H groups in total. The summed E-state index contributed by atoms with van der Waals surface area (Å²) in [5, 5.41) is 12.5. The van der Waals surface area contributed by atoms with E-state index in [-0.39, 0.29) is 12.3 Å². The predicted molar refractivity (Wildman–Crippen MR) is 94.5 cm³/mol. The van der Waals surface area contributed by atoms with Crippen molar-refractivity contribution in [2.75, 3.05) is 20.8 Å². The van der Waals surface area contributed by atoms with Gasteiger partial charge >= 0.3 is 5.97 Å². The Morgan fingerprint density at radius 1 is 1.23 bits per heavy atom. The van der Waals surface area contributed by atoms with Gasteiger partial charge in [-0.25, -0.2) is 9.31 Å². The normalized spacial score (nSPS) is 10.6. The molecule has 0 saturated heterocycles. The van der Waals surface area contributed by atoms with Crippen LogP contribution in [0.1, 0.15) is 16.2 Å². The number of methoxy groups -OCH3 is 2. The van der Waals surface area contributed by atoms with Gasteiger partial charge in [-0.15, -0.1) is 10.2 Å². The van der Waals surface area contributed by atoms with Gasteiger partial charge in [-0.3, -0.25) is 0 Å². The smallest absolute Gasteiger partial charge is 0.361 e. The zero-order valence-electron chi connectivity index (χ0n) is 14.7. The Labute approximate surface area is 150 Å². The summed E-state index contributed by atoms with van der Waals surface area (Å²) >= 11 is 0. The number of hydrogen-bond donors (Lipinski definition) is 0. The summed E-state index contributed by atoms with van der Waals surface area (Å²) in [6, 6.07) is 5.51. The molecule has 3 rings (SSSR count). The fraction of sp³-hybridized carbons (Fsp3) is 0.222. The number of ether oxygens (including phenoxy) is 3. The lowest BCUT2D eigenvalue weighted by Crippen LogP contribution is -2.14. The average Bonchev–Trinajstić information content (AvgIpc) is 3.10. The van der Waals surface area contributed by atoms with Crippen LogP contribution in [0, 0.1) is 6.92 Å². The van der Waals surface area contributed by atoms with Gasteiger partial charge in [0.1, 0.15) is 6.61 Å².